The maximum Gasteiger partial charge on any atom is 0.0293 e. The van der Waals surface area contributed by atoms with Crippen LogP contribution in [0.4, 0.5) is 0 Å². The summed E-state index contributed by atoms with van der Waals surface area (Å²) < 4.78 is 0. The van der Waals surface area contributed by atoms with E-state index >= 15 is 0 Å². The van der Waals surface area contributed by atoms with Crippen molar-refractivity contribution in [3.63, 3.8) is 0 Å². The molecule has 3 heteroatoms. The van der Waals surface area contributed by atoms with Gasteiger partial charge in [-0.1, -0.05) is 42.5 Å². The number of fused-ring (bicyclic) bond motifs is 1. The molecule has 0 radical (unpaired) electrons. The van der Waals surface area contributed by atoms with Gasteiger partial charge in [0.05, 0.1) is 0 Å². The number of benzene rings is 2. The van der Waals surface area contributed by atoms with E-state index in [9.17, 15) is 0 Å². The molecule has 1 aliphatic heterocycles. The Morgan fingerprint density at radius 1 is 1.11 bits per heavy atom. The third-order valence-corrected chi connectivity index (χ3v) is 6.60. The molecule has 0 spiro atoms. The van der Waals surface area contributed by atoms with Crippen LogP contribution in [-0.2, 0) is 6.42 Å². The second-order valence-corrected chi connectivity index (χ2v) is 7.49. The fourth-order valence-electron chi connectivity index (χ4n) is 2.61. The Hall–Kier alpha value is -0.640. The summed E-state index contributed by atoms with van der Waals surface area (Å²) in [5.41, 5.74) is 7.83. The maximum atomic E-state index is 6.44. The van der Waals surface area contributed by atoms with Crippen molar-refractivity contribution in [2.75, 3.05) is 17.3 Å². The molecular formula is C16H19NS2. The highest BCUT2D eigenvalue weighted by Crippen LogP contribution is 2.28. The van der Waals surface area contributed by atoms with Gasteiger partial charge in [0.25, 0.3) is 0 Å². The lowest BCUT2D eigenvalue weighted by molar-refractivity contribution is 0.666. The molecule has 0 aliphatic carbocycles. The minimum atomic E-state index is 0.267. The van der Waals surface area contributed by atoms with Crippen LogP contribution in [0.5, 0.6) is 0 Å². The molecule has 1 fully saturated rings. The highest BCUT2D eigenvalue weighted by molar-refractivity contribution is 8.06. The lowest BCUT2D eigenvalue weighted by atomic mass is 9.98. The first-order valence-corrected chi connectivity index (χ1v) is 8.96. The molecule has 1 aliphatic rings. The van der Waals surface area contributed by atoms with Crippen molar-refractivity contribution < 1.29 is 0 Å². The molecule has 1 heterocycles. The van der Waals surface area contributed by atoms with Crippen molar-refractivity contribution in [2.24, 2.45) is 5.73 Å². The van der Waals surface area contributed by atoms with Crippen LogP contribution in [0, 0.1) is 0 Å². The number of nitrogens with two attached hydrogens (primary N) is 1. The van der Waals surface area contributed by atoms with E-state index in [1.165, 1.54) is 33.6 Å². The Bertz CT molecular complexity index is 544. The maximum absolute atomic E-state index is 6.44. The van der Waals surface area contributed by atoms with Gasteiger partial charge in [0.1, 0.15) is 0 Å². The van der Waals surface area contributed by atoms with Gasteiger partial charge in [-0.3, -0.25) is 0 Å². The molecule has 0 aromatic heterocycles. The second kappa shape index (κ2) is 6.21. The zero-order valence-corrected chi connectivity index (χ0v) is 12.6. The van der Waals surface area contributed by atoms with E-state index < -0.39 is 0 Å². The smallest absolute Gasteiger partial charge is 0.0293 e. The summed E-state index contributed by atoms with van der Waals surface area (Å²) >= 11 is 4.09. The molecule has 2 N–H and O–H groups in total. The Kier molecular flexibility index (Phi) is 4.36. The molecular weight excluding hydrogens is 270 g/mol. The van der Waals surface area contributed by atoms with E-state index in [-0.39, 0.29) is 6.04 Å². The zero-order valence-electron chi connectivity index (χ0n) is 10.9. The summed E-state index contributed by atoms with van der Waals surface area (Å²) in [6.45, 7) is 0. The van der Waals surface area contributed by atoms with Crippen molar-refractivity contribution >= 4 is 34.3 Å². The van der Waals surface area contributed by atoms with E-state index in [4.69, 9.17) is 5.73 Å². The molecule has 100 valence electrons. The van der Waals surface area contributed by atoms with Crippen LogP contribution in [-0.4, -0.2) is 28.6 Å². The molecule has 2 unspecified atom stereocenters. The second-order valence-electron chi connectivity index (χ2n) is 4.99. The Morgan fingerprint density at radius 3 is 2.79 bits per heavy atom. The van der Waals surface area contributed by atoms with Crippen LogP contribution in [0.1, 0.15) is 5.56 Å². The van der Waals surface area contributed by atoms with Crippen LogP contribution in [0.2, 0.25) is 0 Å². The van der Waals surface area contributed by atoms with E-state index in [1.807, 2.05) is 11.8 Å². The third-order valence-electron chi connectivity index (χ3n) is 3.65. The summed E-state index contributed by atoms with van der Waals surface area (Å²) in [5.74, 6) is 3.73. The van der Waals surface area contributed by atoms with Crippen LogP contribution in [0.15, 0.2) is 42.5 Å². The largest absolute Gasteiger partial charge is 0.326 e. The van der Waals surface area contributed by atoms with Gasteiger partial charge < -0.3 is 5.73 Å². The van der Waals surface area contributed by atoms with Crippen LogP contribution in [0.25, 0.3) is 10.8 Å². The van der Waals surface area contributed by atoms with Gasteiger partial charge in [-0.25, -0.2) is 0 Å². The average Bonchev–Trinajstić information content (AvgIpc) is 2.48. The first-order valence-electron chi connectivity index (χ1n) is 6.76. The molecule has 0 amide bonds. The Morgan fingerprint density at radius 2 is 1.95 bits per heavy atom. The van der Waals surface area contributed by atoms with E-state index in [0.717, 1.165) is 6.42 Å². The van der Waals surface area contributed by atoms with Crippen molar-refractivity contribution in [2.45, 2.75) is 17.7 Å². The first-order chi connectivity index (χ1) is 9.34. The van der Waals surface area contributed by atoms with Gasteiger partial charge in [0.2, 0.25) is 0 Å². The number of hydrogen-bond donors (Lipinski definition) is 1. The summed E-state index contributed by atoms with van der Waals surface area (Å²) in [4.78, 5) is 0. The lowest BCUT2D eigenvalue weighted by Crippen LogP contribution is -2.38. The molecule has 0 bridgehead atoms. The normalized spacial score (nSPS) is 21.4. The average molecular weight is 289 g/mol. The van der Waals surface area contributed by atoms with Crippen molar-refractivity contribution in [1.82, 2.24) is 0 Å². The number of rotatable bonds is 3. The molecule has 2 aromatic rings. The van der Waals surface area contributed by atoms with Gasteiger partial charge in [0, 0.05) is 28.6 Å². The molecule has 2 atom stereocenters. The standard InChI is InChI=1S/C16H19NS2/c17-15(16-11-18-8-9-19-16)10-13-6-3-5-12-4-1-2-7-14(12)13/h1-7,15-16H,8-11,17H2. The topological polar surface area (TPSA) is 26.0 Å². The number of hydrogen-bond acceptors (Lipinski definition) is 3. The van der Waals surface area contributed by atoms with E-state index in [0.29, 0.717) is 5.25 Å². The minimum absolute atomic E-state index is 0.267. The van der Waals surface area contributed by atoms with E-state index in [1.54, 1.807) is 0 Å². The Balaban J connectivity index is 1.80. The molecule has 2 aromatic carbocycles. The predicted octanol–water partition coefficient (Wildman–Crippen LogP) is 3.56. The SMILES string of the molecule is NC(Cc1cccc2ccccc12)C1CSCCS1. The lowest BCUT2D eigenvalue weighted by Gasteiger charge is -2.27. The summed E-state index contributed by atoms with van der Waals surface area (Å²) in [7, 11) is 0. The van der Waals surface area contributed by atoms with Gasteiger partial charge in [-0.05, 0) is 22.8 Å². The van der Waals surface area contributed by atoms with Gasteiger partial charge in [0.15, 0.2) is 0 Å². The van der Waals surface area contributed by atoms with Crippen molar-refractivity contribution in [3.05, 3.63) is 48.0 Å². The summed E-state index contributed by atoms with van der Waals surface area (Å²) in [6.07, 6.45) is 0.986. The minimum Gasteiger partial charge on any atom is -0.326 e. The van der Waals surface area contributed by atoms with Gasteiger partial charge in [-0.2, -0.15) is 23.5 Å². The molecule has 1 saturated heterocycles. The predicted molar refractivity (Wildman–Crippen MR) is 89.2 cm³/mol. The van der Waals surface area contributed by atoms with Crippen molar-refractivity contribution in [1.29, 1.82) is 0 Å². The summed E-state index contributed by atoms with van der Waals surface area (Å²) in [6, 6.07) is 15.4. The summed E-state index contributed by atoms with van der Waals surface area (Å²) in [5, 5.41) is 3.28. The third kappa shape index (κ3) is 3.10. The molecule has 3 rings (SSSR count). The van der Waals surface area contributed by atoms with Crippen LogP contribution in [0.3, 0.4) is 0 Å². The molecule has 1 nitrogen and oxygen atoms in total. The number of thioether (sulfide) groups is 2. The quantitative estimate of drug-likeness (QED) is 0.935. The first kappa shape index (κ1) is 13.3. The molecule has 0 saturated carbocycles. The fraction of sp³-hybridized carbons (Fsp3) is 0.375. The fourth-order valence-corrected chi connectivity index (χ4v) is 5.43. The van der Waals surface area contributed by atoms with Gasteiger partial charge >= 0.3 is 0 Å². The monoisotopic (exact) mass is 289 g/mol. The van der Waals surface area contributed by atoms with Crippen LogP contribution < -0.4 is 5.73 Å². The van der Waals surface area contributed by atoms with Gasteiger partial charge in [-0.15, -0.1) is 0 Å². The highest BCUT2D eigenvalue weighted by atomic mass is 32.2. The molecule has 19 heavy (non-hydrogen) atoms. The van der Waals surface area contributed by atoms with E-state index in [2.05, 4.69) is 54.2 Å². The Labute approximate surface area is 123 Å². The highest BCUT2D eigenvalue weighted by Gasteiger charge is 2.22. The van der Waals surface area contributed by atoms with Crippen LogP contribution >= 0.6 is 23.5 Å². The van der Waals surface area contributed by atoms with Crippen molar-refractivity contribution in [3.8, 4) is 0 Å². The zero-order chi connectivity index (χ0) is 13.1.